The molecule has 2 aliphatic heterocycles. The number of rotatable bonds is 8. The molecule has 0 aromatic carbocycles. The Morgan fingerprint density at radius 3 is 2.64 bits per heavy atom. The highest BCUT2D eigenvalue weighted by molar-refractivity contribution is 8.18. The van der Waals surface area contributed by atoms with E-state index in [-0.39, 0.29) is 11.1 Å². The Balaban J connectivity index is 1.15. The van der Waals surface area contributed by atoms with Gasteiger partial charge in [0.2, 0.25) is 5.95 Å². The summed E-state index contributed by atoms with van der Waals surface area (Å²) in [6.45, 7) is 3.27. The van der Waals surface area contributed by atoms with Crippen molar-refractivity contribution >= 4 is 46.6 Å². The summed E-state index contributed by atoms with van der Waals surface area (Å²) in [6.07, 6.45) is 7.17. The molecule has 39 heavy (non-hydrogen) atoms. The summed E-state index contributed by atoms with van der Waals surface area (Å²) < 4.78 is 0. The molecule has 11 nitrogen and oxygen atoms in total. The van der Waals surface area contributed by atoms with E-state index >= 15 is 0 Å². The van der Waals surface area contributed by atoms with Crippen molar-refractivity contribution in [3.05, 3.63) is 58.9 Å². The minimum atomic E-state index is -0.390. The van der Waals surface area contributed by atoms with Crippen LogP contribution in [0.25, 0.3) is 17.3 Å². The van der Waals surface area contributed by atoms with E-state index in [4.69, 9.17) is 5.73 Å². The van der Waals surface area contributed by atoms with Crippen molar-refractivity contribution in [1.82, 2.24) is 30.6 Å². The standard InChI is InChI=1S/C27H31N9O2S/c1-35(2)23-6-4-19(16-31-23)24-18(3-5-22(28)33-24)15-29-14-17-8-11-36(12-9-17)26-30-10-7-20(32-26)13-21-25(37)34-27(38)39-21/h3-7,10,13,16-17,29H,8-9,11-12,14-15H2,1-2H3,(H2,28,33)(H,34,37,38). The van der Waals surface area contributed by atoms with Crippen LogP contribution in [0.1, 0.15) is 24.1 Å². The molecule has 0 bridgehead atoms. The van der Waals surface area contributed by atoms with Crippen molar-refractivity contribution < 1.29 is 9.59 Å². The summed E-state index contributed by atoms with van der Waals surface area (Å²) in [6, 6.07) is 9.60. The number of amides is 2. The summed E-state index contributed by atoms with van der Waals surface area (Å²) in [4.78, 5) is 45.9. The molecule has 0 atom stereocenters. The van der Waals surface area contributed by atoms with Crippen molar-refractivity contribution in [3.63, 3.8) is 0 Å². The number of thioether (sulfide) groups is 1. The fourth-order valence-corrected chi connectivity index (χ4v) is 5.25. The molecule has 5 heterocycles. The summed E-state index contributed by atoms with van der Waals surface area (Å²) >= 11 is 0.883. The van der Waals surface area contributed by atoms with Crippen molar-refractivity contribution in [2.75, 3.05) is 49.3 Å². The lowest BCUT2D eigenvalue weighted by atomic mass is 9.97. The predicted octanol–water partition coefficient (Wildman–Crippen LogP) is 2.91. The number of nitrogens with zero attached hydrogens (tertiary/aromatic N) is 6. The van der Waals surface area contributed by atoms with E-state index in [1.54, 1.807) is 18.3 Å². The van der Waals surface area contributed by atoms with Crippen LogP contribution < -0.4 is 26.2 Å². The molecule has 0 radical (unpaired) electrons. The van der Waals surface area contributed by atoms with Gasteiger partial charge in [-0.05, 0) is 73.0 Å². The summed E-state index contributed by atoms with van der Waals surface area (Å²) in [7, 11) is 3.93. The maximum atomic E-state index is 11.8. The van der Waals surface area contributed by atoms with E-state index in [0.29, 0.717) is 34.8 Å². The molecule has 3 aromatic heterocycles. The minimum absolute atomic E-state index is 0.343. The number of imide groups is 1. The van der Waals surface area contributed by atoms with Gasteiger partial charge in [-0.3, -0.25) is 14.9 Å². The Kier molecular flexibility index (Phi) is 8.03. The molecule has 2 fully saturated rings. The molecule has 5 rings (SSSR count). The van der Waals surface area contributed by atoms with Crippen LogP contribution in [0.2, 0.25) is 0 Å². The second-order valence-electron chi connectivity index (χ2n) is 9.74. The first-order valence-electron chi connectivity index (χ1n) is 12.8. The number of nitrogens with one attached hydrogen (secondary N) is 2. The topological polar surface area (TPSA) is 142 Å². The molecule has 12 heteroatoms. The first-order valence-corrected chi connectivity index (χ1v) is 13.6. The van der Waals surface area contributed by atoms with Gasteiger partial charge in [0.1, 0.15) is 11.6 Å². The Morgan fingerprint density at radius 2 is 1.95 bits per heavy atom. The van der Waals surface area contributed by atoms with Gasteiger partial charge in [0, 0.05) is 51.7 Å². The molecule has 2 amide bonds. The second-order valence-corrected chi connectivity index (χ2v) is 10.8. The van der Waals surface area contributed by atoms with Gasteiger partial charge in [-0.1, -0.05) is 6.07 Å². The van der Waals surface area contributed by atoms with Crippen LogP contribution in [0, 0.1) is 5.92 Å². The first-order chi connectivity index (χ1) is 18.9. The summed E-state index contributed by atoms with van der Waals surface area (Å²) in [5.41, 5.74) is 9.47. The number of anilines is 3. The number of hydrogen-bond donors (Lipinski definition) is 3. The van der Waals surface area contributed by atoms with Crippen LogP contribution in [0.4, 0.5) is 22.4 Å². The van der Waals surface area contributed by atoms with Gasteiger partial charge in [-0.15, -0.1) is 0 Å². The third-order valence-corrected chi connectivity index (χ3v) is 7.52. The largest absolute Gasteiger partial charge is 0.384 e. The second kappa shape index (κ2) is 11.8. The zero-order valence-electron chi connectivity index (χ0n) is 21.9. The van der Waals surface area contributed by atoms with E-state index in [1.165, 1.54) is 0 Å². The molecule has 202 valence electrons. The third kappa shape index (κ3) is 6.52. The van der Waals surface area contributed by atoms with Gasteiger partial charge in [0.25, 0.3) is 11.1 Å². The monoisotopic (exact) mass is 545 g/mol. The van der Waals surface area contributed by atoms with Gasteiger partial charge < -0.3 is 20.9 Å². The van der Waals surface area contributed by atoms with Crippen molar-refractivity contribution in [3.8, 4) is 11.3 Å². The average molecular weight is 546 g/mol. The van der Waals surface area contributed by atoms with Gasteiger partial charge >= 0.3 is 0 Å². The molecule has 4 N–H and O–H groups in total. The molecular formula is C27H31N9O2S. The molecule has 0 saturated carbocycles. The number of nitrogens with two attached hydrogens (primary N) is 1. The third-order valence-electron chi connectivity index (χ3n) is 6.71. The van der Waals surface area contributed by atoms with Gasteiger partial charge in [-0.25, -0.2) is 19.9 Å². The van der Waals surface area contributed by atoms with Crippen molar-refractivity contribution in [2.24, 2.45) is 5.92 Å². The van der Waals surface area contributed by atoms with E-state index in [9.17, 15) is 9.59 Å². The zero-order chi connectivity index (χ0) is 27.4. The van der Waals surface area contributed by atoms with Crippen LogP contribution in [-0.4, -0.2) is 64.8 Å². The van der Waals surface area contributed by atoms with E-state index in [1.807, 2.05) is 49.5 Å². The number of nitrogen functional groups attached to an aromatic ring is 1. The number of carbonyl (C=O) groups excluding carboxylic acids is 2. The van der Waals surface area contributed by atoms with Crippen molar-refractivity contribution in [1.29, 1.82) is 0 Å². The predicted molar refractivity (Wildman–Crippen MR) is 154 cm³/mol. The van der Waals surface area contributed by atoms with E-state index in [0.717, 1.165) is 66.9 Å². The Hall–Kier alpha value is -4.03. The lowest BCUT2D eigenvalue weighted by Crippen LogP contribution is -2.38. The molecule has 0 unspecified atom stereocenters. The highest BCUT2D eigenvalue weighted by atomic mass is 32.2. The molecule has 3 aromatic rings. The van der Waals surface area contributed by atoms with Crippen LogP contribution >= 0.6 is 11.8 Å². The Labute approximate surface area is 231 Å². The molecule has 0 spiro atoms. The number of pyridine rings is 2. The van der Waals surface area contributed by atoms with Gasteiger partial charge in [0.05, 0.1) is 16.3 Å². The minimum Gasteiger partial charge on any atom is -0.384 e. The molecule has 2 saturated heterocycles. The first kappa shape index (κ1) is 26.6. The van der Waals surface area contributed by atoms with E-state index < -0.39 is 0 Å². The highest BCUT2D eigenvalue weighted by Gasteiger charge is 2.26. The molecular weight excluding hydrogens is 514 g/mol. The zero-order valence-corrected chi connectivity index (χ0v) is 22.7. The highest BCUT2D eigenvalue weighted by Crippen LogP contribution is 2.27. The smallest absolute Gasteiger partial charge is 0.290 e. The normalized spacial score (nSPS) is 17.1. The molecule has 0 aliphatic carbocycles. The summed E-state index contributed by atoms with van der Waals surface area (Å²) in [5.74, 6) is 2.15. The lowest BCUT2D eigenvalue weighted by molar-refractivity contribution is -0.115. The fraction of sp³-hybridized carbons (Fsp3) is 0.333. The summed E-state index contributed by atoms with van der Waals surface area (Å²) in [5, 5.41) is 5.50. The Bertz CT molecular complexity index is 1390. The van der Waals surface area contributed by atoms with E-state index in [2.05, 4.69) is 35.5 Å². The maximum Gasteiger partial charge on any atom is 0.290 e. The SMILES string of the molecule is CN(C)c1ccc(-c2nc(N)ccc2CNCC2CCN(c3nccc(C=C4SC(=O)NC4=O)n3)CC2)cn1. The number of hydrogen-bond acceptors (Lipinski definition) is 11. The fourth-order valence-electron chi connectivity index (χ4n) is 4.58. The average Bonchev–Trinajstić information content (AvgIpc) is 3.26. The quantitative estimate of drug-likeness (QED) is 0.360. The number of aromatic nitrogens is 4. The van der Waals surface area contributed by atoms with Crippen LogP contribution in [0.3, 0.4) is 0 Å². The Morgan fingerprint density at radius 1 is 1.13 bits per heavy atom. The van der Waals surface area contributed by atoms with Crippen LogP contribution in [0.5, 0.6) is 0 Å². The molecule has 2 aliphatic rings. The van der Waals surface area contributed by atoms with Gasteiger partial charge in [-0.2, -0.15) is 0 Å². The van der Waals surface area contributed by atoms with Crippen LogP contribution in [0.15, 0.2) is 47.6 Å². The number of carbonyl (C=O) groups is 2. The number of piperidine rings is 1. The van der Waals surface area contributed by atoms with Crippen molar-refractivity contribution in [2.45, 2.75) is 19.4 Å². The van der Waals surface area contributed by atoms with Crippen LogP contribution in [-0.2, 0) is 11.3 Å². The lowest BCUT2D eigenvalue weighted by Gasteiger charge is -2.32. The van der Waals surface area contributed by atoms with Gasteiger partial charge in [0.15, 0.2) is 0 Å². The maximum absolute atomic E-state index is 11.8.